The number of aryl methyl sites for hydroxylation is 1. The van der Waals surface area contributed by atoms with Crippen molar-refractivity contribution in [3.05, 3.63) is 42.2 Å². The molecule has 2 aromatic heterocycles. The molecule has 1 aliphatic rings. The second-order valence-corrected chi connectivity index (χ2v) is 10.3. The normalized spacial score (nSPS) is 14.8. The molecule has 1 saturated heterocycles. The lowest BCUT2D eigenvalue weighted by Gasteiger charge is -2.17. The van der Waals surface area contributed by atoms with Crippen LogP contribution in [0.2, 0.25) is 0 Å². The van der Waals surface area contributed by atoms with Gasteiger partial charge in [-0.25, -0.2) is 23.4 Å². The van der Waals surface area contributed by atoms with Gasteiger partial charge in [0.2, 0.25) is 11.9 Å². The van der Waals surface area contributed by atoms with E-state index in [2.05, 4.69) is 25.6 Å². The molecule has 2 N–H and O–H groups in total. The van der Waals surface area contributed by atoms with Gasteiger partial charge in [0, 0.05) is 37.4 Å². The van der Waals surface area contributed by atoms with Crippen LogP contribution in [-0.2, 0) is 14.6 Å². The SMILES string of the molecule is Cc1cc(Nc2nccc(S(C)(=O)=O)n2)cc(-c2cnc(N3CCCNC(=O)C3)s2)c1. The minimum Gasteiger partial charge on any atom is -0.354 e. The van der Waals surface area contributed by atoms with E-state index in [0.717, 1.165) is 46.0 Å². The first-order chi connectivity index (χ1) is 14.8. The number of carbonyl (C=O) groups is 1. The van der Waals surface area contributed by atoms with E-state index in [1.165, 1.54) is 23.6 Å². The second kappa shape index (κ2) is 8.60. The van der Waals surface area contributed by atoms with Crippen molar-refractivity contribution in [1.29, 1.82) is 0 Å². The van der Waals surface area contributed by atoms with Gasteiger partial charge in [-0.1, -0.05) is 17.4 Å². The minimum absolute atomic E-state index is 0.00705. The lowest BCUT2D eigenvalue weighted by molar-refractivity contribution is -0.119. The number of aromatic nitrogens is 3. The van der Waals surface area contributed by atoms with Gasteiger partial charge in [0.15, 0.2) is 20.0 Å². The van der Waals surface area contributed by atoms with Crippen molar-refractivity contribution >= 4 is 43.8 Å². The molecule has 1 amide bonds. The highest BCUT2D eigenvalue weighted by Crippen LogP contribution is 2.34. The molecule has 11 heteroatoms. The Morgan fingerprint density at radius 1 is 1.23 bits per heavy atom. The molecule has 1 aromatic carbocycles. The summed E-state index contributed by atoms with van der Waals surface area (Å²) in [7, 11) is -3.42. The summed E-state index contributed by atoms with van der Waals surface area (Å²) in [6, 6.07) is 7.28. The highest BCUT2D eigenvalue weighted by atomic mass is 32.2. The van der Waals surface area contributed by atoms with Crippen LogP contribution in [0.15, 0.2) is 41.7 Å². The van der Waals surface area contributed by atoms with Crippen LogP contribution < -0.4 is 15.5 Å². The van der Waals surface area contributed by atoms with Gasteiger partial charge in [-0.05, 0) is 42.7 Å². The van der Waals surface area contributed by atoms with E-state index in [9.17, 15) is 13.2 Å². The smallest absolute Gasteiger partial charge is 0.239 e. The maximum Gasteiger partial charge on any atom is 0.239 e. The van der Waals surface area contributed by atoms with E-state index in [-0.39, 0.29) is 16.9 Å². The van der Waals surface area contributed by atoms with Crippen LogP contribution in [0.5, 0.6) is 0 Å². The van der Waals surface area contributed by atoms with E-state index in [4.69, 9.17) is 0 Å². The van der Waals surface area contributed by atoms with Crippen molar-refractivity contribution in [2.24, 2.45) is 0 Å². The fourth-order valence-electron chi connectivity index (χ4n) is 3.25. The summed E-state index contributed by atoms with van der Waals surface area (Å²) in [5.41, 5.74) is 2.72. The zero-order valence-corrected chi connectivity index (χ0v) is 18.8. The van der Waals surface area contributed by atoms with E-state index >= 15 is 0 Å². The van der Waals surface area contributed by atoms with Crippen LogP contribution in [0.1, 0.15) is 12.0 Å². The largest absolute Gasteiger partial charge is 0.354 e. The van der Waals surface area contributed by atoms with Gasteiger partial charge in [-0.2, -0.15) is 0 Å². The molecule has 9 nitrogen and oxygen atoms in total. The van der Waals surface area contributed by atoms with Gasteiger partial charge in [-0.3, -0.25) is 4.79 Å². The van der Waals surface area contributed by atoms with Gasteiger partial charge < -0.3 is 15.5 Å². The Kier molecular flexibility index (Phi) is 5.88. The first-order valence-corrected chi connectivity index (χ1v) is 12.4. The second-order valence-electron chi connectivity index (χ2n) is 7.34. The van der Waals surface area contributed by atoms with Gasteiger partial charge in [0.05, 0.1) is 11.4 Å². The Hall–Kier alpha value is -3.05. The van der Waals surface area contributed by atoms with Gasteiger partial charge in [0.25, 0.3) is 0 Å². The summed E-state index contributed by atoms with van der Waals surface area (Å²) in [4.78, 5) is 27.6. The Morgan fingerprint density at radius 2 is 2.06 bits per heavy atom. The number of thiazole rings is 1. The third-order valence-electron chi connectivity index (χ3n) is 4.65. The summed E-state index contributed by atoms with van der Waals surface area (Å²) in [5, 5.41) is 6.73. The molecule has 0 unspecified atom stereocenters. The van der Waals surface area contributed by atoms with Crippen LogP contribution >= 0.6 is 11.3 Å². The molecule has 1 aliphatic heterocycles. The monoisotopic (exact) mass is 458 g/mol. The lowest BCUT2D eigenvalue weighted by Crippen LogP contribution is -2.32. The Morgan fingerprint density at radius 3 is 2.87 bits per heavy atom. The number of anilines is 3. The molecule has 162 valence electrons. The summed E-state index contributed by atoms with van der Waals surface area (Å²) < 4.78 is 23.5. The number of hydrogen-bond donors (Lipinski definition) is 2. The fraction of sp³-hybridized carbons (Fsp3) is 0.300. The van der Waals surface area contributed by atoms with Crippen LogP contribution in [0, 0.1) is 6.92 Å². The van der Waals surface area contributed by atoms with Crippen molar-refractivity contribution in [2.45, 2.75) is 18.4 Å². The molecule has 0 bridgehead atoms. The maximum absolute atomic E-state index is 11.9. The summed E-state index contributed by atoms with van der Waals surface area (Å²) in [6.07, 6.45) is 5.21. The third-order valence-corrected chi connectivity index (χ3v) is 6.75. The number of nitrogens with one attached hydrogen (secondary N) is 2. The molecule has 0 radical (unpaired) electrons. The Balaban J connectivity index is 1.59. The van der Waals surface area contributed by atoms with Crippen molar-refractivity contribution in [3.63, 3.8) is 0 Å². The molecule has 3 heterocycles. The van der Waals surface area contributed by atoms with E-state index in [1.807, 2.05) is 36.2 Å². The first kappa shape index (κ1) is 21.2. The minimum atomic E-state index is -3.42. The van der Waals surface area contributed by atoms with Gasteiger partial charge in [-0.15, -0.1) is 0 Å². The van der Waals surface area contributed by atoms with Gasteiger partial charge >= 0.3 is 0 Å². The average molecular weight is 459 g/mol. The molecule has 4 rings (SSSR count). The van der Waals surface area contributed by atoms with E-state index in [0.29, 0.717) is 13.1 Å². The van der Waals surface area contributed by atoms with Crippen LogP contribution in [0.3, 0.4) is 0 Å². The zero-order valence-electron chi connectivity index (χ0n) is 17.1. The number of hydrogen-bond acceptors (Lipinski definition) is 9. The molecular formula is C20H22N6O3S2. The number of amides is 1. The van der Waals surface area contributed by atoms with E-state index < -0.39 is 9.84 Å². The highest BCUT2D eigenvalue weighted by Gasteiger charge is 2.18. The number of sulfone groups is 1. The summed E-state index contributed by atoms with van der Waals surface area (Å²) in [5.74, 6) is 0.215. The van der Waals surface area contributed by atoms with Crippen LogP contribution in [0.4, 0.5) is 16.8 Å². The molecule has 0 atom stereocenters. The molecule has 0 saturated carbocycles. The van der Waals surface area contributed by atoms with Gasteiger partial charge in [0.1, 0.15) is 0 Å². The number of rotatable bonds is 5. The Bertz CT molecular complexity index is 1230. The maximum atomic E-state index is 11.9. The quantitative estimate of drug-likeness (QED) is 0.560. The van der Waals surface area contributed by atoms with Crippen molar-refractivity contribution in [2.75, 3.05) is 36.1 Å². The number of nitrogens with zero attached hydrogens (tertiary/aromatic N) is 4. The van der Waals surface area contributed by atoms with E-state index in [1.54, 1.807) is 0 Å². The Labute approximate surface area is 184 Å². The highest BCUT2D eigenvalue weighted by molar-refractivity contribution is 7.90. The number of benzene rings is 1. The standard InChI is InChI=1S/C20H22N6O3S2/c1-13-8-14(16-11-23-20(30-16)26-7-3-5-21-17(27)12-26)10-15(9-13)24-19-22-6-4-18(25-19)31(2,28)29/h4,6,8-11H,3,5,7,12H2,1-2H3,(H,21,27)(H,22,24,25). The fourth-order valence-corrected chi connectivity index (χ4v) is 4.74. The predicted molar refractivity (Wildman–Crippen MR) is 121 cm³/mol. The zero-order chi connectivity index (χ0) is 22.0. The van der Waals surface area contributed by atoms with Crippen LogP contribution in [0.25, 0.3) is 10.4 Å². The van der Waals surface area contributed by atoms with Crippen molar-refractivity contribution in [3.8, 4) is 10.4 Å². The van der Waals surface area contributed by atoms with Crippen molar-refractivity contribution in [1.82, 2.24) is 20.3 Å². The molecule has 3 aromatic rings. The molecule has 0 spiro atoms. The van der Waals surface area contributed by atoms with Crippen molar-refractivity contribution < 1.29 is 13.2 Å². The predicted octanol–water partition coefficient (Wildman–Crippen LogP) is 2.38. The average Bonchev–Trinajstić information content (AvgIpc) is 3.10. The summed E-state index contributed by atoms with van der Waals surface area (Å²) in [6.45, 7) is 3.74. The molecule has 0 aliphatic carbocycles. The number of carbonyl (C=O) groups excluding carboxylic acids is 1. The summed E-state index contributed by atoms with van der Waals surface area (Å²) >= 11 is 1.53. The lowest BCUT2D eigenvalue weighted by atomic mass is 10.1. The third kappa shape index (κ3) is 5.17. The van der Waals surface area contributed by atoms with Crippen LogP contribution in [-0.4, -0.2) is 55.2 Å². The first-order valence-electron chi connectivity index (χ1n) is 9.67. The molecule has 1 fully saturated rings. The topological polar surface area (TPSA) is 117 Å². The molecular weight excluding hydrogens is 436 g/mol. The molecule has 31 heavy (non-hydrogen) atoms.